The van der Waals surface area contributed by atoms with Crippen LogP contribution in [0.2, 0.25) is 0 Å². The number of ether oxygens (including phenoxy) is 1. The quantitative estimate of drug-likeness (QED) is 0.0597. The first-order valence-electron chi connectivity index (χ1n) is 15.4. The van der Waals surface area contributed by atoms with Gasteiger partial charge in [0.15, 0.2) is 0 Å². The van der Waals surface area contributed by atoms with Crippen LogP contribution in [0.1, 0.15) is 82.3 Å². The second-order valence-corrected chi connectivity index (χ2v) is 11.8. The fourth-order valence-corrected chi connectivity index (χ4v) is 4.98. The summed E-state index contributed by atoms with van der Waals surface area (Å²) in [4.78, 5) is 36.8. The molecule has 0 spiro atoms. The first kappa shape index (κ1) is 39.0. The third-order valence-electron chi connectivity index (χ3n) is 7.25. The molecule has 13 heteroatoms. The van der Waals surface area contributed by atoms with Gasteiger partial charge in [-0.15, -0.1) is 0 Å². The Morgan fingerprint density at radius 3 is 2.02 bits per heavy atom. The van der Waals surface area contributed by atoms with Crippen LogP contribution in [0.3, 0.4) is 0 Å². The van der Waals surface area contributed by atoms with Gasteiger partial charge in [-0.2, -0.15) is 25.3 Å². The van der Waals surface area contributed by atoms with Crippen LogP contribution >= 0.6 is 25.3 Å². The summed E-state index contributed by atoms with van der Waals surface area (Å²) in [5, 5.41) is 8.55. The van der Waals surface area contributed by atoms with E-state index < -0.39 is 17.6 Å². The van der Waals surface area contributed by atoms with Crippen molar-refractivity contribution >= 4 is 43.0 Å². The van der Waals surface area contributed by atoms with Crippen LogP contribution < -0.4 is 43.6 Å². The van der Waals surface area contributed by atoms with E-state index in [-0.39, 0.29) is 17.7 Å². The van der Waals surface area contributed by atoms with Crippen molar-refractivity contribution in [2.45, 2.75) is 100 Å². The summed E-state index contributed by atoms with van der Waals surface area (Å²) < 4.78 is 5.73. The molecule has 3 amide bonds. The average molecular weight is 642 g/mol. The van der Waals surface area contributed by atoms with Gasteiger partial charge in [0, 0.05) is 24.6 Å². The van der Waals surface area contributed by atoms with Gasteiger partial charge in [-0.1, -0.05) is 25.3 Å². The molecule has 11 nitrogen and oxygen atoms in total. The van der Waals surface area contributed by atoms with Crippen molar-refractivity contribution in [1.82, 2.24) is 16.0 Å². The zero-order valence-electron chi connectivity index (χ0n) is 25.7. The van der Waals surface area contributed by atoms with Crippen LogP contribution in [0, 0.1) is 0 Å². The molecule has 0 aliphatic rings. The molecule has 3 atom stereocenters. The molecule has 0 fully saturated rings. The molecule has 0 saturated heterocycles. The van der Waals surface area contributed by atoms with E-state index >= 15 is 0 Å². The summed E-state index contributed by atoms with van der Waals surface area (Å²) >= 11 is 8.66. The molecular weight excluding hydrogens is 587 g/mol. The molecule has 1 rings (SSSR count). The molecule has 0 aromatic heterocycles. The highest BCUT2D eigenvalue weighted by Crippen LogP contribution is 2.21. The highest BCUT2D eigenvalue weighted by molar-refractivity contribution is 7.79. The van der Waals surface area contributed by atoms with Crippen LogP contribution in [-0.2, 0) is 25.9 Å². The second-order valence-electron chi connectivity index (χ2n) is 11.2. The Morgan fingerprint density at radius 2 is 1.40 bits per heavy atom. The van der Waals surface area contributed by atoms with E-state index in [9.17, 15) is 14.4 Å². The maximum atomic E-state index is 12.6. The van der Waals surface area contributed by atoms with Gasteiger partial charge in [0.2, 0.25) is 17.7 Å². The van der Waals surface area contributed by atoms with E-state index in [4.69, 9.17) is 27.7 Å². The van der Waals surface area contributed by atoms with Gasteiger partial charge >= 0.3 is 0 Å². The summed E-state index contributed by atoms with van der Waals surface area (Å²) in [5.41, 5.74) is 24.8. The lowest BCUT2D eigenvalue weighted by molar-refractivity contribution is -0.126. The summed E-state index contributed by atoms with van der Waals surface area (Å²) in [6.45, 7) is 4.02. The lowest BCUT2D eigenvalue weighted by Gasteiger charge is -2.23. The number of carbonyl (C=O) groups is 3. The molecule has 11 N–H and O–H groups in total. The Bertz CT molecular complexity index is 968. The molecular formula is C30H55N7O4S2. The van der Waals surface area contributed by atoms with Crippen molar-refractivity contribution < 1.29 is 19.1 Å². The summed E-state index contributed by atoms with van der Waals surface area (Å²) in [5.74, 6) is 1.40. The Kier molecular flexibility index (Phi) is 20.4. The van der Waals surface area contributed by atoms with Crippen LogP contribution in [-0.4, -0.2) is 68.1 Å². The predicted molar refractivity (Wildman–Crippen MR) is 180 cm³/mol. The fourth-order valence-electron chi connectivity index (χ4n) is 4.38. The van der Waals surface area contributed by atoms with E-state index in [1.54, 1.807) is 6.92 Å². The van der Waals surface area contributed by atoms with Crippen LogP contribution in [0.4, 0.5) is 0 Å². The number of hydrogen-bond donors (Lipinski definition) is 9. The van der Waals surface area contributed by atoms with Crippen LogP contribution in [0.15, 0.2) is 18.2 Å². The fraction of sp³-hybridized carbons (Fsp3) is 0.700. The standard InChI is InChI=1S/C30H55N7O4S2/c1-30(34,13-5-2-7-15-35-27(38)25(32)9-3-6-14-31)29(40)37-16-8-4-10-26(33)28(39)36-17-18-41-24-12-11-22(20-42)23(19-24)21-43/h11-12,19,25-26,42-43H,2-10,13-18,20-21,31-34H2,1H3,(H,35,38)(H,36,39)(H,37,40). The van der Waals surface area contributed by atoms with E-state index in [0.717, 1.165) is 49.0 Å². The number of benzene rings is 1. The minimum atomic E-state index is -0.976. The summed E-state index contributed by atoms with van der Waals surface area (Å²) in [6, 6.07) is 4.66. The van der Waals surface area contributed by atoms with Crippen molar-refractivity contribution in [1.29, 1.82) is 0 Å². The minimum absolute atomic E-state index is 0.137. The van der Waals surface area contributed by atoms with Gasteiger partial charge < -0.3 is 43.6 Å². The lowest BCUT2D eigenvalue weighted by atomic mass is 9.94. The number of nitrogens with one attached hydrogen (secondary N) is 3. The Hall–Kier alpha value is -2.03. The smallest absolute Gasteiger partial charge is 0.239 e. The minimum Gasteiger partial charge on any atom is -0.492 e. The van der Waals surface area contributed by atoms with Crippen molar-refractivity contribution in [3.63, 3.8) is 0 Å². The zero-order chi connectivity index (χ0) is 32.1. The maximum absolute atomic E-state index is 12.6. The van der Waals surface area contributed by atoms with E-state index in [1.165, 1.54) is 0 Å². The van der Waals surface area contributed by atoms with Gasteiger partial charge in [0.05, 0.1) is 24.2 Å². The number of unbranched alkanes of at least 4 members (excludes halogenated alkanes) is 4. The van der Waals surface area contributed by atoms with E-state index in [1.807, 2.05) is 18.2 Å². The molecule has 246 valence electrons. The third kappa shape index (κ3) is 16.6. The van der Waals surface area contributed by atoms with Crippen molar-refractivity contribution in [2.75, 3.05) is 32.8 Å². The van der Waals surface area contributed by atoms with Gasteiger partial charge in [-0.3, -0.25) is 14.4 Å². The second kappa shape index (κ2) is 22.5. The first-order chi connectivity index (χ1) is 20.5. The molecule has 1 aromatic rings. The molecule has 3 unspecified atom stereocenters. The third-order valence-corrected chi connectivity index (χ3v) is 7.93. The van der Waals surface area contributed by atoms with Gasteiger partial charge in [0.25, 0.3) is 0 Å². The predicted octanol–water partition coefficient (Wildman–Crippen LogP) is 1.51. The maximum Gasteiger partial charge on any atom is 0.239 e. The lowest BCUT2D eigenvalue weighted by Crippen LogP contribution is -2.51. The zero-order valence-corrected chi connectivity index (χ0v) is 27.5. The number of nitrogens with two attached hydrogens (primary N) is 4. The Labute approximate surface area is 268 Å². The van der Waals surface area contributed by atoms with Crippen LogP contribution in [0.5, 0.6) is 5.75 Å². The molecule has 0 aliphatic heterocycles. The number of amides is 3. The molecule has 0 bridgehead atoms. The molecule has 0 radical (unpaired) electrons. The Balaban J connectivity index is 2.13. The SMILES string of the molecule is CC(N)(CCCCCNC(=O)C(N)CCCCN)C(=O)NCCCCC(N)C(=O)NCCOc1ccc(CS)c(CS)c1. The van der Waals surface area contributed by atoms with Gasteiger partial charge in [-0.05, 0) is 81.7 Å². The summed E-state index contributed by atoms with van der Waals surface area (Å²) in [6.07, 6.45) is 7.18. The van der Waals surface area contributed by atoms with E-state index in [0.29, 0.717) is 76.4 Å². The van der Waals surface area contributed by atoms with Gasteiger partial charge in [-0.25, -0.2) is 0 Å². The molecule has 0 saturated carbocycles. The number of hydrogen-bond acceptors (Lipinski definition) is 10. The van der Waals surface area contributed by atoms with Crippen molar-refractivity contribution in [3.05, 3.63) is 29.3 Å². The van der Waals surface area contributed by atoms with E-state index in [2.05, 4.69) is 41.2 Å². The highest BCUT2D eigenvalue weighted by Gasteiger charge is 2.27. The Morgan fingerprint density at radius 1 is 0.814 bits per heavy atom. The van der Waals surface area contributed by atoms with Crippen LogP contribution in [0.25, 0.3) is 0 Å². The molecule has 0 aliphatic carbocycles. The number of carbonyl (C=O) groups excluding carboxylic acids is 3. The molecule has 0 heterocycles. The van der Waals surface area contributed by atoms with Crippen molar-refractivity contribution in [2.24, 2.45) is 22.9 Å². The van der Waals surface area contributed by atoms with Crippen molar-refractivity contribution in [3.8, 4) is 5.75 Å². The monoisotopic (exact) mass is 641 g/mol. The number of rotatable bonds is 24. The molecule has 1 aromatic carbocycles. The topological polar surface area (TPSA) is 201 Å². The normalized spacial score (nSPS) is 13.9. The van der Waals surface area contributed by atoms with Gasteiger partial charge in [0.1, 0.15) is 12.4 Å². The highest BCUT2D eigenvalue weighted by atomic mass is 32.1. The summed E-state index contributed by atoms with van der Waals surface area (Å²) in [7, 11) is 0. The molecule has 43 heavy (non-hydrogen) atoms. The largest absolute Gasteiger partial charge is 0.492 e. The number of thiol groups is 2. The average Bonchev–Trinajstić information content (AvgIpc) is 3.00. The first-order valence-corrected chi connectivity index (χ1v) is 16.6.